The summed E-state index contributed by atoms with van der Waals surface area (Å²) in [5.74, 6) is -0.800. The molecule has 53 heavy (non-hydrogen) atoms. The van der Waals surface area contributed by atoms with Gasteiger partial charge in [0.25, 0.3) is 5.91 Å². The molecular weight excluding hydrogens is 679 g/mol. The molecule has 1 aliphatic heterocycles. The molecule has 11 heteroatoms. The van der Waals surface area contributed by atoms with Crippen molar-refractivity contribution >= 4 is 17.8 Å². The number of aliphatic hydroxyl groups is 1. The van der Waals surface area contributed by atoms with Crippen LogP contribution in [0.25, 0.3) is 11.3 Å². The van der Waals surface area contributed by atoms with E-state index in [-0.39, 0.29) is 29.2 Å². The second-order valence-electron chi connectivity index (χ2n) is 13.3. The van der Waals surface area contributed by atoms with Gasteiger partial charge >= 0.3 is 0 Å². The highest BCUT2D eigenvalue weighted by molar-refractivity contribution is 5.98. The Morgan fingerprint density at radius 3 is 2.32 bits per heavy atom. The van der Waals surface area contributed by atoms with Crippen molar-refractivity contribution in [1.82, 2.24) is 10.3 Å². The summed E-state index contributed by atoms with van der Waals surface area (Å²) in [7, 11) is 2.50. The molecule has 0 saturated heterocycles. The molecule has 6 rings (SSSR count). The van der Waals surface area contributed by atoms with Gasteiger partial charge in [-0.25, -0.2) is 13.8 Å². The second-order valence-corrected chi connectivity index (χ2v) is 13.3. The summed E-state index contributed by atoms with van der Waals surface area (Å²) in [6.07, 6.45) is 6.50. The average Bonchev–Trinajstić information content (AvgIpc) is 4.11. The van der Waals surface area contributed by atoms with Crippen molar-refractivity contribution in [3.05, 3.63) is 87.6 Å². The van der Waals surface area contributed by atoms with Gasteiger partial charge in [0, 0.05) is 78.0 Å². The van der Waals surface area contributed by atoms with Gasteiger partial charge in [-0.15, -0.1) is 0 Å². The number of anilines is 1. The molecule has 2 saturated carbocycles. The average molecular weight is 740 g/mol. The number of carbonyl (C=O) groups is 1. The fourth-order valence-electron chi connectivity index (χ4n) is 5.73. The van der Waals surface area contributed by atoms with E-state index in [1.807, 2.05) is 40.7 Å². The maximum Gasteiger partial charge on any atom is 0.251 e. The number of allylic oxidation sites excluding steroid dienone is 1. The first-order chi connectivity index (χ1) is 25.5. The van der Waals surface area contributed by atoms with Crippen LogP contribution in [0.15, 0.2) is 47.5 Å². The van der Waals surface area contributed by atoms with E-state index in [1.54, 1.807) is 24.4 Å². The van der Waals surface area contributed by atoms with Crippen LogP contribution in [0.3, 0.4) is 0 Å². The van der Waals surface area contributed by atoms with Crippen molar-refractivity contribution < 1.29 is 27.8 Å². The number of aromatic nitrogens is 1. The van der Waals surface area contributed by atoms with E-state index in [1.165, 1.54) is 25.5 Å². The number of nitrogens with two attached hydrogens (primary N) is 2. The molecule has 3 aromatic rings. The molecule has 0 radical (unpaired) electrons. The number of pyridine rings is 1. The third kappa shape index (κ3) is 12.4. The van der Waals surface area contributed by atoms with E-state index in [4.69, 9.17) is 20.6 Å². The lowest BCUT2D eigenvalue weighted by Crippen LogP contribution is -2.30. The Morgan fingerprint density at radius 1 is 1.11 bits per heavy atom. The lowest BCUT2D eigenvalue weighted by Gasteiger charge is -2.20. The highest BCUT2D eigenvalue weighted by Gasteiger charge is 2.36. The normalized spacial score (nSPS) is 15.7. The SMILES string of the molecule is C=C1CC1.CC.CN.CO.Cc1cc(C(=O)NCC(c2cc3c(c(-c4cc(C(C)C)c(F)cc4F)n2)OCC3C)C2CC2)cc(C=NCCCF)c1N. The maximum absolute atomic E-state index is 15.3. The van der Waals surface area contributed by atoms with Gasteiger partial charge in [0.2, 0.25) is 0 Å². The number of carbonyl (C=O) groups excluding carboxylic acids is 1. The molecule has 2 aliphatic carbocycles. The number of halogens is 3. The van der Waals surface area contributed by atoms with Crippen molar-refractivity contribution in [1.29, 1.82) is 0 Å². The van der Waals surface area contributed by atoms with Gasteiger partial charge in [-0.3, -0.25) is 14.2 Å². The van der Waals surface area contributed by atoms with Gasteiger partial charge in [-0.1, -0.05) is 46.8 Å². The molecule has 0 spiro atoms. The molecule has 6 N–H and O–H groups in total. The zero-order valence-electron chi connectivity index (χ0n) is 32.8. The quantitative estimate of drug-likeness (QED) is 0.0672. The minimum atomic E-state index is -0.684. The number of rotatable bonds is 11. The van der Waals surface area contributed by atoms with E-state index in [0.717, 1.165) is 42.8 Å². The number of nitrogens with zero attached hydrogens (tertiary/aromatic N) is 2. The fraction of sp³-hybridized carbons (Fsp3) is 0.500. The molecule has 2 atom stereocenters. The van der Waals surface area contributed by atoms with Crippen LogP contribution >= 0.6 is 0 Å². The standard InChI is InChI=1S/C34H39F3N4O2.C4H6.C2H6.CH5N.CH4O/c1-18(2)24-12-26(29(37)14-28(24)36)32-33-25(20(4)17-43-33)13-30(41-32)27(21-6-7-21)16-40-34(42)22-10-19(3)31(38)23(11-22)15-39-9-5-8-35;1-4-2-3-4;3*1-2/h10-15,18,20-21,27H,5-9,16-17,38H2,1-4H3,(H,40,42);1-3H2;1-2H3;2H2,1H3;2H,1H3. The summed E-state index contributed by atoms with van der Waals surface area (Å²) in [5, 5.41) is 10.1. The number of aliphatic imine (C=N–C) groups is 1. The molecular formula is C42H60F3N5O3. The predicted octanol–water partition coefficient (Wildman–Crippen LogP) is 8.78. The van der Waals surface area contributed by atoms with Crippen molar-refractivity contribution in [2.75, 3.05) is 46.3 Å². The molecule has 2 heterocycles. The fourth-order valence-corrected chi connectivity index (χ4v) is 5.73. The minimum absolute atomic E-state index is 0.0840. The second kappa shape index (κ2) is 22.1. The Hall–Kier alpha value is -4.22. The molecule has 2 aromatic carbocycles. The van der Waals surface area contributed by atoms with Gasteiger partial charge in [-0.2, -0.15) is 0 Å². The van der Waals surface area contributed by atoms with E-state index >= 15 is 4.39 Å². The smallest absolute Gasteiger partial charge is 0.251 e. The number of hydrogen-bond donors (Lipinski definition) is 4. The number of nitrogens with one attached hydrogen (secondary N) is 1. The van der Waals surface area contributed by atoms with Crippen LogP contribution in [0.5, 0.6) is 5.75 Å². The van der Waals surface area contributed by atoms with Gasteiger partial charge in [0.15, 0.2) is 0 Å². The highest BCUT2D eigenvalue weighted by Crippen LogP contribution is 2.47. The molecule has 2 fully saturated rings. The number of ether oxygens (including phenoxy) is 1. The lowest BCUT2D eigenvalue weighted by atomic mass is 9.92. The van der Waals surface area contributed by atoms with Gasteiger partial charge in [-0.05, 0) is 93.3 Å². The zero-order valence-corrected chi connectivity index (χ0v) is 32.8. The van der Waals surface area contributed by atoms with Crippen LogP contribution in [0.4, 0.5) is 18.9 Å². The summed E-state index contributed by atoms with van der Waals surface area (Å²) < 4.78 is 48.3. The number of nitrogen functional groups attached to an aromatic ring is 1. The van der Waals surface area contributed by atoms with Gasteiger partial charge in [0.05, 0.1) is 13.3 Å². The monoisotopic (exact) mass is 739 g/mol. The summed E-state index contributed by atoms with van der Waals surface area (Å²) in [6.45, 7) is 16.0. The van der Waals surface area contributed by atoms with Crippen LogP contribution in [-0.2, 0) is 0 Å². The van der Waals surface area contributed by atoms with Crippen molar-refractivity contribution in [2.45, 2.75) is 91.4 Å². The topological polar surface area (TPSA) is 136 Å². The third-order valence-electron chi connectivity index (χ3n) is 8.98. The van der Waals surface area contributed by atoms with Crippen LogP contribution < -0.4 is 21.5 Å². The van der Waals surface area contributed by atoms with Gasteiger partial charge in [0.1, 0.15) is 23.1 Å². The number of amides is 1. The maximum atomic E-state index is 15.3. The first-order valence-corrected chi connectivity index (χ1v) is 18.6. The van der Waals surface area contributed by atoms with E-state index in [2.05, 4.69) is 29.5 Å². The van der Waals surface area contributed by atoms with Gasteiger partial charge < -0.3 is 26.6 Å². The highest BCUT2D eigenvalue weighted by atomic mass is 19.1. The van der Waals surface area contributed by atoms with Crippen LogP contribution in [0, 0.1) is 24.5 Å². The Kier molecular flexibility index (Phi) is 18.7. The largest absolute Gasteiger partial charge is 0.490 e. The zero-order chi connectivity index (χ0) is 39.8. The van der Waals surface area contributed by atoms with E-state index in [0.29, 0.717) is 65.9 Å². The summed E-state index contributed by atoms with van der Waals surface area (Å²) in [6, 6.07) is 7.93. The molecule has 0 bridgehead atoms. The first kappa shape index (κ1) is 44.9. The summed E-state index contributed by atoms with van der Waals surface area (Å²) >= 11 is 0. The third-order valence-corrected chi connectivity index (χ3v) is 8.98. The van der Waals surface area contributed by atoms with Crippen LogP contribution in [-0.4, -0.2) is 62.7 Å². The molecule has 1 aromatic heterocycles. The van der Waals surface area contributed by atoms with Crippen molar-refractivity contribution in [3.63, 3.8) is 0 Å². The van der Waals surface area contributed by atoms with Crippen molar-refractivity contribution in [2.24, 2.45) is 16.6 Å². The number of aryl methyl sites for hydroxylation is 1. The summed E-state index contributed by atoms with van der Waals surface area (Å²) in [4.78, 5) is 22.5. The number of benzene rings is 2. The predicted molar refractivity (Wildman–Crippen MR) is 212 cm³/mol. The molecule has 8 nitrogen and oxygen atoms in total. The first-order valence-electron chi connectivity index (χ1n) is 18.6. The molecule has 3 aliphatic rings. The Bertz CT molecular complexity index is 1690. The number of alkyl halides is 1. The minimum Gasteiger partial charge on any atom is -0.490 e. The van der Waals surface area contributed by atoms with Crippen molar-refractivity contribution in [3.8, 4) is 17.0 Å². The molecule has 2 unspecified atom stereocenters. The van der Waals surface area contributed by atoms with E-state index in [9.17, 15) is 13.6 Å². The lowest BCUT2D eigenvalue weighted by molar-refractivity contribution is 0.0950. The van der Waals surface area contributed by atoms with Crippen LogP contribution in [0.2, 0.25) is 0 Å². The Morgan fingerprint density at radius 2 is 1.75 bits per heavy atom. The molecule has 1 amide bonds. The number of fused-ring (bicyclic) bond motifs is 1. The van der Waals surface area contributed by atoms with E-state index < -0.39 is 18.3 Å². The Labute approximate surface area is 314 Å². The molecule has 292 valence electrons. The van der Waals surface area contributed by atoms with Crippen LogP contribution in [0.1, 0.15) is 123 Å². The number of aliphatic hydroxyl groups excluding tert-OH is 1. The summed E-state index contributed by atoms with van der Waals surface area (Å²) in [5.41, 5.74) is 17.2. The number of hydrogen-bond acceptors (Lipinski definition) is 7. The Balaban J connectivity index is 0.000000871.